The van der Waals surface area contributed by atoms with E-state index >= 15 is 0 Å². The highest BCUT2D eigenvalue weighted by atomic mass is 16.5. The van der Waals surface area contributed by atoms with Gasteiger partial charge in [-0.2, -0.15) is 0 Å². The molecule has 0 atom stereocenters. The topological polar surface area (TPSA) is 38.8 Å². The first-order chi connectivity index (χ1) is 9.11. The van der Waals surface area contributed by atoms with Gasteiger partial charge in [-0.15, -0.1) is 0 Å². The molecule has 4 heteroatoms. The standard InChI is InChI=1S/C15H21NO3/c1-11(2)19-13-7-6-12(10-14(13)18-3)15(17)16-8-4-5-9-16/h6-7,10-11H,4-5,8-9H2,1-3H3. The predicted molar refractivity (Wildman–Crippen MR) is 73.9 cm³/mol. The van der Waals surface area contributed by atoms with E-state index in [1.54, 1.807) is 19.2 Å². The van der Waals surface area contributed by atoms with Crippen molar-refractivity contribution in [2.24, 2.45) is 0 Å². The predicted octanol–water partition coefficient (Wildman–Crippen LogP) is 2.72. The number of carbonyl (C=O) groups is 1. The average Bonchev–Trinajstić information content (AvgIpc) is 2.91. The number of hydrogen-bond donors (Lipinski definition) is 0. The van der Waals surface area contributed by atoms with Gasteiger partial charge in [-0.25, -0.2) is 0 Å². The summed E-state index contributed by atoms with van der Waals surface area (Å²) < 4.78 is 11.0. The molecule has 1 aliphatic rings. The molecule has 0 radical (unpaired) electrons. The minimum Gasteiger partial charge on any atom is -0.493 e. The lowest BCUT2D eigenvalue weighted by atomic mass is 10.1. The van der Waals surface area contributed by atoms with E-state index in [0.717, 1.165) is 25.9 Å². The van der Waals surface area contributed by atoms with E-state index in [4.69, 9.17) is 9.47 Å². The molecule has 1 aromatic carbocycles. The van der Waals surface area contributed by atoms with Gasteiger partial charge >= 0.3 is 0 Å². The van der Waals surface area contributed by atoms with Crippen molar-refractivity contribution in [2.45, 2.75) is 32.8 Å². The maximum atomic E-state index is 12.3. The molecule has 1 saturated heterocycles. The van der Waals surface area contributed by atoms with Crippen molar-refractivity contribution in [2.75, 3.05) is 20.2 Å². The van der Waals surface area contributed by atoms with Gasteiger partial charge in [0.05, 0.1) is 13.2 Å². The highest BCUT2D eigenvalue weighted by molar-refractivity contribution is 5.95. The second-order valence-corrected chi connectivity index (χ2v) is 5.03. The van der Waals surface area contributed by atoms with Gasteiger partial charge in [0.2, 0.25) is 0 Å². The Bertz CT molecular complexity index is 451. The number of methoxy groups -OCH3 is 1. The molecule has 1 heterocycles. The fourth-order valence-corrected chi connectivity index (χ4v) is 2.25. The van der Waals surface area contributed by atoms with Gasteiger partial charge in [0.15, 0.2) is 11.5 Å². The molecule has 1 aromatic rings. The monoisotopic (exact) mass is 263 g/mol. The Morgan fingerprint density at radius 3 is 2.47 bits per heavy atom. The summed E-state index contributed by atoms with van der Waals surface area (Å²) in [6.45, 7) is 5.63. The summed E-state index contributed by atoms with van der Waals surface area (Å²) in [5, 5.41) is 0. The number of nitrogens with zero attached hydrogens (tertiary/aromatic N) is 1. The summed E-state index contributed by atoms with van der Waals surface area (Å²) in [5.41, 5.74) is 0.662. The summed E-state index contributed by atoms with van der Waals surface area (Å²) in [6.07, 6.45) is 2.27. The average molecular weight is 263 g/mol. The zero-order valence-electron chi connectivity index (χ0n) is 11.8. The van der Waals surface area contributed by atoms with Crippen LogP contribution in [0.25, 0.3) is 0 Å². The number of carbonyl (C=O) groups excluding carboxylic acids is 1. The SMILES string of the molecule is COc1cc(C(=O)N2CCCC2)ccc1OC(C)C. The quantitative estimate of drug-likeness (QED) is 0.838. The molecule has 19 heavy (non-hydrogen) atoms. The molecular weight excluding hydrogens is 242 g/mol. The zero-order chi connectivity index (χ0) is 13.8. The van der Waals surface area contributed by atoms with Gasteiger partial charge in [0.25, 0.3) is 5.91 Å². The lowest BCUT2D eigenvalue weighted by Gasteiger charge is -2.17. The third-order valence-electron chi connectivity index (χ3n) is 3.17. The van der Waals surface area contributed by atoms with Crippen molar-refractivity contribution >= 4 is 5.91 Å². The molecule has 0 aliphatic carbocycles. The zero-order valence-corrected chi connectivity index (χ0v) is 11.8. The molecular formula is C15H21NO3. The van der Waals surface area contributed by atoms with Crippen LogP contribution in [-0.4, -0.2) is 37.1 Å². The molecule has 0 N–H and O–H groups in total. The van der Waals surface area contributed by atoms with Crippen molar-refractivity contribution in [1.82, 2.24) is 4.90 Å². The minimum absolute atomic E-state index is 0.0758. The van der Waals surface area contributed by atoms with E-state index in [2.05, 4.69) is 0 Å². The Kier molecular flexibility index (Phi) is 4.30. The molecule has 0 bridgehead atoms. The number of amides is 1. The second-order valence-electron chi connectivity index (χ2n) is 5.03. The molecule has 0 saturated carbocycles. The van der Waals surface area contributed by atoms with Crippen LogP contribution in [0.2, 0.25) is 0 Å². The fourth-order valence-electron chi connectivity index (χ4n) is 2.25. The van der Waals surface area contributed by atoms with E-state index in [9.17, 15) is 4.79 Å². The third-order valence-corrected chi connectivity index (χ3v) is 3.17. The number of rotatable bonds is 4. The number of ether oxygens (including phenoxy) is 2. The first kappa shape index (κ1) is 13.7. The first-order valence-electron chi connectivity index (χ1n) is 6.76. The van der Waals surface area contributed by atoms with Gasteiger partial charge in [0.1, 0.15) is 0 Å². The van der Waals surface area contributed by atoms with Crippen LogP contribution in [0, 0.1) is 0 Å². The number of benzene rings is 1. The summed E-state index contributed by atoms with van der Waals surface area (Å²) in [4.78, 5) is 14.2. The smallest absolute Gasteiger partial charge is 0.253 e. The molecule has 1 aliphatic heterocycles. The van der Waals surface area contributed by atoms with E-state index in [-0.39, 0.29) is 12.0 Å². The van der Waals surface area contributed by atoms with Gasteiger partial charge in [-0.05, 0) is 44.9 Å². The molecule has 2 rings (SSSR count). The van der Waals surface area contributed by atoms with Gasteiger partial charge in [0, 0.05) is 18.7 Å². The summed E-state index contributed by atoms with van der Waals surface area (Å²) in [6, 6.07) is 5.38. The van der Waals surface area contributed by atoms with Gasteiger partial charge < -0.3 is 14.4 Å². The van der Waals surface area contributed by atoms with Crippen molar-refractivity contribution in [3.63, 3.8) is 0 Å². The molecule has 0 spiro atoms. The fraction of sp³-hybridized carbons (Fsp3) is 0.533. The maximum Gasteiger partial charge on any atom is 0.253 e. The Morgan fingerprint density at radius 2 is 1.89 bits per heavy atom. The van der Waals surface area contributed by atoms with Crippen molar-refractivity contribution in [3.8, 4) is 11.5 Å². The molecule has 0 aromatic heterocycles. The molecule has 0 unspecified atom stereocenters. The normalized spacial score (nSPS) is 14.8. The Labute approximate surface area is 114 Å². The Hall–Kier alpha value is -1.71. The van der Waals surface area contributed by atoms with Crippen molar-refractivity contribution in [1.29, 1.82) is 0 Å². The van der Waals surface area contributed by atoms with E-state index in [0.29, 0.717) is 17.1 Å². The Balaban J connectivity index is 2.20. The summed E-state index contributed by atoms with van der Waals surface area (Å²) >= 11 is 0. The van der Waals surface area contributed by atoms with E-state index < -0.39 is 0 Å². The number of likely N-dealkylation sites (tertiary alicyclic amines) is 1. The van der Waals surface area contributed by atoms with Crippen molar-refractivity contribution in [3.05, 3.63) is 23.8 Å². The van der Waals surface area contributed by atoms with Gasteiger partial charge in [-0.3, -0.25) is 4.79 Å². The largest absolute Gasteiger partial charge is 0.493 e. The summed E-state index contributed by atoms with van der Waals surface area (Å²) in [7, 11) is 1.59. The highest BCUT2D eigenvalue weighted by Crippen LogP contribution is 2.29. The van der Waals surface area contributed by atoms with Crippen LogP contribution in [-0.2, 0) is 0 Å². The molecule has 4 nitrogen and oxygen atoms in total. The molecule has 104 valence electrons. The van der Waals surface area contributed by atoms with Crippen LogP contribution in [0.15, 0.2) is 18.2 Å². The van der Waals surface area contributed by atoms with Crippen LogP contribution < -0.4 is 9.47 Å². The van der Waals surface area contributed by atoms with Crippen LogP contribution in [0.3, 0.4) is 0 Å². The van der Waals surface area contributed by atoms with Crippen LogP contribution in [0.1, 0.15) is 37.0 Å². The van der Waals surface area contributed by atoms with Crippen molar-refractivity contribution < 1.29 is 14.3 Å². The maximum absolute atomic E-state index is 12.3. The van der Waals surface area contributed by atoms with E-state index in [1.165, 1.54) is 0 Å². The Morgan fingerprint density at radius 1 is 1.21 bits per heavy atom. The highest BCUT2D eigenvalue weighted by Gasteiger charge is 2.20. The minimum atomic E-state index is 0.0758. The first-order valence-corrected chi connectivity index (χ1v) is 6.76. The van der Waals surface area contributed by atoms with Crippen LogP contribution in [0.5, 0.6) is 11.5 Å². The third kappa shape index (κ3) is 3.19. The summed E-state index contributed by atoms with van der Waals surface area (Å²) in [5.74, 6) is 1.36. The molecule has 1 amide bonds. The van der Waals surface area contributed by atoms with Gasteiger partial charge in [-0.1, -0.05) is 0 Å². The van der Waals surface area contributed by atoms with Crippen LogP contribution >= 0.6 is 0 Å². The molecule has 1 fully saturated rings. The number of hydrogen-bond acceptors (Lipinski definition) is 3. The lowest BCUT2D eigenvalue weighted by Crippen LogP contribution is -2.27. The van der Waals surface area contributed by atoms with Crippen LogP contribution in [0.4, 0.5) is 0 Å². The van der Waals surface area contributed by atoms with E-state index in [1.807, 2.05) is 24.8 Å². The second kappa shape index (κ2) is 5.95. The lowest BCUT2D eigenvalue weighted by molar-refractivity contribution is 0.0792.